The average molecular weight is 394 g/mol. The van der Waals surface area contributed by atoms with Crippen LogP contribution in [0.15, 0.2) is 42.5 Å². The fourth-order valence-corrected chi connectivity index (χ4v) is 3.79. The maximum atomic E-state index is 12.2. The molecule has 2 aromatic rings. The zero-order valence-corrected chi connectivity index (χ0v) is 16.6. The highest BCUT2D eigenvalue weighted by Crippen LogP contribution is 2.31. The second-order valence-electron chi connectivity index (χ2n) is 7.96. The van der Waals surface area contributed by atoms with Crippen molar-refractivity contribution < 1.29 is 9.72 Å². The maximum absolute atomic E-state index is 12.2. The van der Waals surface area contributed by atoms with Crippen LogP contribution in [0.4, 0.5) is 11.4 Å². The summed E-state index contributed by atoms with van der Waals surface area (Å²) in [6, 6.07) is 13.5. The standard InChI is InChI=1S/C22H26N4O3/c1-16-3-2-4-17(13-16)15-24-9-11-25(12-10-24)20-8-5-18(14-21(20)26(28)29)22(27)23-19-6-7-19/h2-5,8,13-14,19H,6-7,9-12,15H2,1H3,(H,23,27). The third-order valence-corrected chi connectivity index (χ3v) is 5.55. The Bertz CT molecular complexity index is 918. The number of nitrogens with one attached hydrogen (secondary N) is 1. The van der Waals surface area contributed by atoms with Gasteiger partial charge in [0.15, 0.2) is 0 Å². The van der Waals surface area contributed by atoms with Gasteiger partial charge in [0.2, 0.25) is 0 Å². The number of hydrogen-bond acceptors (Lipinski definition) is 5. The van der Waals surface area contributed by atoms with Crippen LogP contribution in [0, 0.1) is 17.0 Å². The third-order valence-electron chi connectivity index (χ3n) is 5.55. The Morgan fingerprint density at radius 3 is 2.55 bits per heavy atom. The lowest BCUT2D eigenvalue weighted by molar-refractivity contribution is -0.384. The molecule has 2 aromatic carbocycles. The molecule has 1 amide bonds. The SMILES string of the molecule is Cc1cccc(CN2CCN(c3ccc(C(=O)NC4CC4)cc3[N+](=O)[O-])CC2)c1. The molecule has 0 radical (unpaired) electrons. The van der Waals surface area contributed by atoms with Gasteiger partial charge in [0.1, 0.15) is 5.69 Å². The van der Waals surface area contributed by atoms with Crippen LogP contribution in [0.2, 0.25) is 0 Å². The van der Waals surface area contributed by atoms with E-state index in [9.17, 15) is 14.9 Å². The number of nitrogens with zero attached hydrogens (tertiary/aromatic N) is 3. The number of benzene rings is 2. The Labute approximate surface area is 170 Å². The van der Waals surface area contributed by atoms with Gasteiger partial charge in [-0.2, -0.15) is 0 Å². The number of amides is 1. The van der Waals surface area contributed by atoms with Crippen LogP contribution < -0.4 is 10.2 Å². The lowest BCUT2D eigenvalue weighted by Crippen LogP contribution is -2.46. The monoisotopic (exact) mass is 394 g/mol. The molecule has 152 valence electrons. The first-order valence-corrected chi connectivity index (χ1v) is 10.1. The van der Waals surface area contributed by atoms with E-state index in [-0.39, 0.29) is 22.6 Å². The molecule has 1 heterocycles. The van der Waals surface area contributed by atoms with Crippen molar-refractivity contribution in [2.24, 2.45) is 0 Å². The fraction of sp³-hybridized carbons (Fsp3) is 0.409. The van der Waals surface area contributed by atoms with Gasteiger partial charge in [-0.3, -0.25) is 19.8 Å². The number of carbonyl (C=O) groups is 1. The van der Waals surface area contributed by atoms with Crippen LogP contribution in [0.3, 0.4) is 0 Å². The Morgan fingerprint density at radius 1 is 1.14 bits per heavy atom. The van der Waals surface area contributed by atoms with Crippen LogP contribution >= 0.6 is 0 Å². The third kappa shape index (κ3) is 4.74. The van der Waals surface area contributed by atoms with Gasteiger partial charge in [-0.15, -0.1) is 0 Å². The second-order valence-corrected chi connectivity index (χ2v) is 7.96. The lowest BCUT2D eigenvalue weighted by atomic mass is 10.1. The zero-order valence-electron chi connectivity index (χ0n) is 16.6. The molecule has 1 aliphatic heterocycles. The predicted molar refractivity (Wildman–Crippen MR) is 112 cm³/mol. The lowest BCUT2D eigenvalue weighted by Gasteiger charge is -2.35. The van der Waals surface area contributed by atoms with Crippen LogP contribution in [0.25, 0.3) is 0 Å². The van der Waals surface area contributed by atoms with Gasteiger partial charge >= 0.3 is 0 Å². The number of nitro groups is 1. The Kier molecular flexibility index (Phi) is 5.49. The molecule has 1 N–H and O–H groups in total. The highest BCUT2D eigenvalue weighted by Gasteiger charge is 2.27. The van der Waals surface area contributed by atoms with E-state index in [4.69, 9.17) is 0 Å². The summed E-state index contributed by atoms with van der Waals surface area (Å²) in [5.74, 6) is -0.231. The largest absolute Gasteiger partial charge is 0.363 e. The number of hydrogen-bond donors (Lipinski definition) is 1. The summed E-state index contributed by atoms with van der Waals surface area (Å²) in [6.07, 6.45) is 1.97. The molecule has 0 unspecified atom stereocenters. The van der Waals surface area contributed by atoms with E-state index >= 15 is 0 Å². The number of piperazine rings is 1. The predicted octanol–water partition coefficient (Wildman–Crippen LogP) is 3.12. The van der Waals surface area contributed by atoms with Gasteiger partial charge in [0.05, 0.1) is 4.92 Å². The molecule has 29 heavy (non-hydrogen) atoms. The molecule has 1 aliphatic carbocycles. The fourth-order valence-electron chi connectivity index (χ4n) is 3.79. The number of anilines is 1. The van der Waals surface area contributed by atoms with Gasteiger partial charge in [-0.25, -0.2) is 0 Å². The van der Waals surface area contributed by atoms with Crippen molar-refractivity contribution in [1.29, 1.82) is 0 Å². The van der Waals surface area contributed by atoms with Crippen LogP contribution in [-0.4, -0.2) is 48.0 Å². The van der Waals surface area contributed by atoms with Crippen LogP contribution in [0.1, 0.15) is 34.3 Å². The van der Waals surface area contributed by atoms with Crippen molar-refractivity contribution in [3.05, 3.63) is 69.3 Å². The first-order valence-electron chi connectivity index (χ1n) is 10.1. The number of nitro benzene ring substituents is 1. The summed E-state index contributed by atoms with van der Waals surface area (Å²) in [6.45, 7) is 6.11. The van der Waals surface area contributed by atoms with Crippen LogP contribution in [0.5, 0.6) is 0 Å². The van der Waals surface area contributed by atoms with Gasteiger partial charge in [0.25, 0.3) is 11.6 Å². The van der Waals surface area contributed by atoms with Gasteiger partial charge in [-0.05, 0) is 37.5 Å². The van der Waals surface area contributed by atoms with E-state index in [0.717, 1.165) is 45.6 Å². The van der Waals surface area contributed by atoms with E-state index in [0.29, 0.717) is 11.3 Å². The molecule has 1 saturated carbocycles. The minimum atomic E-state index is -0.387. The van der Waals surface area contributed by atoms with Crippen molar-refractivity contribution in [1.82, 2.24) is 10.2 Å². The van der Waals surface area contributed by atoms with Crippen molar-refractivity contribution in [2.75, 3.05) is 31.1 Å². The van der Waals surface area contributed by atoms with Gasteiger partial charge in [-0.1, -0.05) is 29.8 Å². The van der Waals surface area contributed by atoms with E-state index < -0.39 is 0 Å². The molecule has 0 atom stereocenters. The Morgan fingerprint density at radius 2 is 1.90 bits per heavy atom. The molecule has 4 rings (SSSR count). The first-order chi connectivity index (χ1) is 14.0. The number of rotatable bonds is 6. The highest BCUT2D eigenvalue weighted by atomic mass is 16.6. The molecule has 2 aliphatic rings. The molecule has 7 nitrogen and oxygen atoms in total. The van der Waals surface area contributed by atoms with E-state index in [1.165, 1.54) is 17.2 Å². The zero-order chi connectivity index (χ0) is 20.4. The van der Waals surface area contributed by atoms with E-state index in [2.05, 4.69) is 41.4 Å². The minimum absolute atomic E-state index is 0.000538. The number of carbonyl (C=O) groups excluding carboxylic acids is 1. The van der Waals surface area contributed by atoms with E-state index in [1.807, 2.05) is 4.90 Å². The molecular weight excluding hydrogens is 368 g/mol. The summed E-state index contributed by atoms with van der Waals surface area (Å²) in [5.41, 5.74) is 3.48. The summed E-state index contributed by atoms with van der Waals surface area (Å²) >= 11 is 0. The van der Waals surface area contributed by atoms with Crippen LogP contribution in [-0.2, 0) is 6.54 Å². The van der Waals surface area contributed by atoms with Crippen molar-refractivity contribution >= 4 is 17.3 Å². The van der Waals surface area contributed by atoms with Gasteiger partial charge in [0, 0.05) is 50.4 Å². The Hall–Kier alpha value is -2.93. The number of aryl methyl sites for hydroxylation is 1. The smallest absolute Gasteiger partial charge is 0.293 e. The molecule has 0 spiro atoms. The van der Waals surface area contributed by atoms with Crippen molar-refractivity contribution in [3.63, 3.8) is 0 Å². The first kappa shape index (κ1) is 19.4. The summed E-state index contributed by atoms with van der Waals surface area (Å²) in [4.78, 5) is 27.9. The summed E-state index contributed by atoms with van der Waals surface area (Å²) in [5, 5.41) is 14.5. The quantitative estimate of drug-likeness (QED) is 0.602. The minimum Gasteiger partial charge on any atom is -0.363 e. The average Bonchev–Trinajstić information content (AvgIpc) is 3.52. The molecule has 0 aromatic heterocycles. The second kappa shape index (κ2) is 8.21. The van der Waals surface area contributed by atoms with Gasteiger partial charge < -0.3 is 10.2 Å². The molecule has 7 heteroatoms. The molecular formula is C22H26N4O3. The molecule has 0 bridgehead atoms. The summed E-state index contributed by atoms with van der Waals surface area (Å²) < 4.78 is 0. The molecule has 1 saturated heterocycles. The normalized spacial score (nSPS) is 17.2. The topological polar surface area (TPSA) is 78.7 Å². The maximum Gasteiger partial charge on any atom is 0.293 e. The summed E-state index contributed by atoms with van der Waals surface area (Å²) in [7, 11) is 0. The highest BCUT2D eigenvalue weighted by molar-refractivity contribution is 5.96. The molecule has 2 fully saturated rings. The van der Waals surface area contributed by atoms with E-state index in [1.54, 1.807) is 12.1 Å². The van der Waals surface area contributed by atoms with Crippen molar-refractivity contribution in [3.8, 4) is 0 Å². The van der Waals surface area contributed by atoms with Crippen molar-refractivity contribution in [2.45, 2.75) is 32.4 Å². The Balaban J connectivity index is 1.43.